The van der Waals surface area contributed by atoms with Gasteiger partial charge in [0.1, 0.15) is 5.60 Å². The van der Waals surface area contributed by atoms with Gasteiger partial charge in [-0.05, 0) is 12.0 Å². The predicted molar refractivity (Wildman–Crippen MR) is 63.8 cm³/mol. The van der Waals surface area contributed by atoms with Gasteiger partial charge < -0.3 is 10.4 Å². The van der Waals surface area contributed by atoms with Gasteiger partial charge in [-0.1, -0.05) is 51.1 Å². The summed E-state index contributed by atoms with van der Waals surface area (Å²) in [5.74, 6) is 0. The predicted octanol–water partition coefficient (Wildman–Crippen LogP) is 2.28. The van der Waals surface area contributed by atoms with E-state index in [0.717, 1.165) is 12.0 Å². The molecule has 0 heterocycles. The summed E-state index contributed by atoms with van der Waals surface area (Å²) in [7, 11) is 0. The van der Waals surface area contributed by atoms with Crippen molar-refractivity contribution in [3.8, 4) is 0 Å². The molecule has 1 aromatic rings. The zero-order valence-electron chi connectivity index (χ0n) is 9.83. The number of nitrogens with one attached hydrogen (secondary N) is 1. The quantitative estimate of drug-likeness (QED) is 0.776. The third-order valence-electron chi connectivity index (χ3n) is 2.70. The van der Waals surface area contributed by atoms with Gasteiger partial charge in [-0.25, -0.2) is 0 Å². The molecule has 0 fully saturated rings. The van der Waals surface area contributed by atoms with Gasteiger partial charge in [0.05, 0.1) is 0 Å². The van der Waals surface area contributed by atoms with E-state index >= 15 is 0 Å². The van der Waals surface area contributed by atoms with Crippen LogP contribution in [-0.4, -0.2) is 17.7 Å². The highest BCUT2D eigenvalue weighted by Gasteiger charge is 2.26. The molecule has 0 aliphatic heterocycles. The van der Waals surface area contributed by atoms with Crippen molar-refractivity contribution in [2.75, 3.05) is 6.54 Å². The van der Waals surface area contributed by atoms with Gasteiger partial charge in [0, 0.05) is 12.6 Å². The van der Waals surface area contributed by atoms with E-state index in [1.165, 1.54) is 0 Å². The summed E-state index contributed by atoms with van der Waals surface area (Å²) in [6, 6.07) is 10.2. The van der Waals surface area contributed by atoms with Crippen LogP contribution in [0.3, 0.4) is 0 Å². The first-order valence-electron chi connectivity index (χ1n) is 5.60. The Kier molecular flexibility index (Phi) is 4.30. The van der Waals surface area contributed by atoms with E-state index in [1.54, 1.807) is 0 Å². The van der Waals surface area contributed by atoms with Crippen LogP contribution in [0.1, 0.15) is 32.8 Å². The van der Waals surface area contributed by atoms with Crippen LogP contribution in [0.15, 0.2) is 30.3 Å². The SMILES string of the molecule is CCC(O)(CNC(C)C)c1ccccc1. The van der Waals surface area contributed by atoms with Crippen molar-refractivity contribution in [3.05, 3.63) is 35.9 Å². The molecule has 0 aliphatic rings. The third kappa shape index (κ3) is 3.33. The fourth-order valence-corrected chi connectivity index (χ4v) is 1.55. The molecule has 0 aliphatic carbocycles. The normalized spacial score (nSPS) is 15.3. The number of aliphatic hydroxyl groups is 1. The van der Waals surface area contributed by atoms with Crippen LogP contribution < -0.4 is 5.32 Å². The Hall–Kier alpha value is -0.860. The second-order valence-electron chi connectivity index (χ2n) is 4.29. The largest absolute Gasteiger partial charge is 0.384 e. The molecule has 1 aromatic carbocycles. The van der Waals surface area contributed by atoms with Crippen molar-refractivity contribution in [3.63, 3.8) is 0 Å². The van der Waals surface area contributed by atoms with Crippen molar-refractivity contribution in [1.82, 2.24) is 5.32 Å². The van der Waals surface area contributed by atoms with Crippen molar-refractivity contribution in [2.24, 2.45) is 0 Å². The van der Waals surface area contributed by atoms with Crippen LogP contribution in [0.2, 0.25) is 0 Å². The molecule has 1 unspecified atom stereocenters. The molecule has 1 atom stereocenters. The zero-order valence-corrected chi connectivity index (χ0v) is 9.83. The van der Waals surface area contributed by atoms with Gasteiger partial charge in [0.2, 0.25) is 0 Å². The van der Waals surface area contributed by atoms with Crippen molar-refractivity contribution in [2.45, 2.75) is 38.8 Å². The summed E-state index contributed by atoms with van der Waals surface area (Å²) in [6.07, 6.45) is 0.719. The highest BCUT2D eigenvalue weighted by atomic mass is 16.3. The minimum Gasteiger partial charge on any atom is -0.384 e. The maximum absolute atomic E-state index is 10.5. The Labute approximate surface area is 92.3 Å². The van der Waals surface area contributed by atoms with Gasteiger partial charge >= 0.3 is 0 Å². The number of rotatable bonds is 5. The van der Waals surface area contributed by atoms with E-state index in [1.807, 2.05) is 37.3 Å². The molecule has 2 nitrogen and oxygen atoms in total. The highest BCUT2D eigenvalue weighted by molar-refractivity contribution is 5.22. The average molecular weight is 207 g/mol. The topological polar surface area (TPSA) is 32.3 Å². The maximum Gasteiger partial charge on any atom is 0.102 e. The molecule has 0 saturated heterocycles. The van der Waals surface area contributed by atoms with Crippen LogP contribution in [0.25, 0.3) is 0 Å². The smallest absolute Gasteiger partial charge is 0.102 e. The molecule has 2 N–H and O–H groups in total. The first-order chi connectivity index (χ1) is 7.08. The molecule has 2 heteroatoms. The fraction of sp³-hybridized carbons (Fsp3) is 0.538. The van der Waals surface area contributed by atoms with Crippen LogP contribution >= 0.6 is 0 Å². The van der Waals surface area contributed by atoms with Gasteiger partial charge in [-0.2, -0.15) is 0 Å². The fourth-order valence-electron chi connectivity index (χ4n) is 1.55. The molecule has 15 heavy (non-hydrogen) atoms. The number of hydrogen-bond donors (Lipinski definition) is 2. The highest BCUT2D eigenvalue weighted by Crippen LogP contribution is 2.23. The summed E-state index contributed by atoms with van der Waals surface area (Å²) in [5, 5.41) is 13.8. The molecular weight excluding hydrogens is 186 g/mol. The molecule has 0 amide bonds. The summed E-state index contributed by atoms with van der Waals surface area (Å²) >= 11 is 0. The summed E-state index contributed by atoms with van der Waals surface area (Å²) < 4.78 is 0. The Morgan fingerprint density at radius 3 is 2.33 bits per heavy atom. The van der Waals surface area contributed by atoms with E-state index in [2.05, 4.69) is 19.2 Å². The van der Waals surface area contributed by atoms with Crippen molar-refractivity contribution < 1.29 is 5.11 Å². The van der Waals surface area contributed by atoms with Gasteiger partial charge in [-0.15, -0.1) is 0 Å². The van der Waals surface area contributed by atoms with Crippen LogP contribution in [0.5, 0.6) is 0 Å². The lowest BCUT2D eigenvalue weighted by Gasteiger charge is -2.28. The van der Waals surface area contributed by atoms with E-state index in [0.29, 0.717) is 12.6 Å². The average Bonchev–Trinajstić information content (AvgIpc) is 2.27. The molecule has 0 aromatic heterocycles. The van der Waals surface area contributed by atoms with Gasteiger partial charge in [-0.3, -0.25) is 0 Å². The van der Waals surface area contributed by atoms with Gasteiger partial charge in [0.15, 0.2) is 0 Å². The monoisotopic (exact) mass is 207 g/mol. The Morgan fingerprint density at radius 1 is 1.27 bits per heavy atom. The Balaban J connectivity index is 2.76. The summed E-state index contributed by atoms with van der Waals surface area (Å²) in [6.45, 7) is 6.78. The zero-order chi connectivity index (χ0) is 11.3. The molecule has 0 spiro atoms. The van der Waals surface area contributed by atoms with Crippen LogP contribution in [0, 0.1) is 0 Å². The van der Waals surface area contributed by atoms with E-state index in [9.17, 15) is 5.11 Å². The standard InChI is InChI=1S/C13H21NO/c1-4-13(15,10-14-11(2)3)12-8-6-5-7-9-12/h5-9,11,14-15H,4,10H2,1-3H3. The Bertz CT molecular complexity index is 284. The first kappa shape index (κ1) is 12.2. The molecular formula is C13H21NO. The molecule has 1 rings (SSSR count). The number of hydrogen-bond acceptors (Lipinski definition) is 2. The van der Waals surface area contributed by atoms with Gasteiger partial charge in [0.25, 0.3) is 0 Å². The van der Waals surface area contributed by atoms with Crippen molar-refractivity contribution in [1.29, 1.82) is 0 Å². The minimum atomic E-state index is -0.745. The summed E-state index contributed by atoms with van der Waals surface area (Å²) in [4.78, 5) is 0. The number of benzene rings is 1. The van der Waals surface area contributed by atoms with E-state index in [-0.39, 0.29) is 0 Å². The Morgan fingerprint density at radius 2 is 1.87 bits per heavy atom. The van der Waals surface area contributed by atoms with Crippen molar-refractivity contribution >= 4 is 0 Å². The summed E-state index contributed by atoms with van der Waals surface area (Å²) in [5.41, 5.74) is 0.242. The van der Waals surface area contributed by atoms with Crippen LogP contribution in [-0.2, 0) is 5.60 Å². The van der Waals surface area contributed by atoms with E-state index < -0.39 is 5.60 Å². The second kappa shape index (κ2) is 5.29. The third-order valence-corrected chi connectivity index (χ3v) is 2.70. The molecule has 0 radical (unpaired) electrons. The molecule has 84 valence electrons. The second-order valence-corrected chi connectivity index (χ2v) is 4.29. The molecule has 0 saturated carbocycles. The lowest BCUT2D eigenvalue weighted by atomic mass is 9.91. The van der Waals surface area contributed by atoms with E-state index in [4.69, 9.17) is 0 Å². The maximum atomic E-state index is 10.5. The lowest BCUT2D eigenvalue weighted by molar-refractivity contribution is 0.0308. The lowest BCUT2D eigenvalue weighted by Crippen LogP contribution is -2.40. The first-order valence-corrected chi connectivity index (χ1v) is 5.60. The van der Waals surface area contributed by atoms with Crippen LogP contribution in [0.4, 0.5) is 0 Å². The molecule has 0 bridgehead atoms. The minimum absolute atomic E-state index is 0.395.